The number of benzene rings is 2. The van der Waals surface area contributed by atoms with Gasteiger partial charge in [0, 0.05) is 11.1 Å². The monoisotopic (exact) mass is 471 g/mol. The summed E-state index contributed by atoms with van der Waals surface area (Å²) in [4.78, 5) is 7.57. The first kappa shape index (κ1) is 23.3. The lowest BCUT2D eigenvalue weighted by atomic mass is 9.96. The minimum absolute atomic E-state index is 0.182. The van der Waals surface area contributed by atoms with E-state index in [0.717, 1.165) is 73.4 Å². The van der Waals surface area contributed by atoms with Crippen molar-refractivity contribution >= 4 is 22.5 Å². The van der Waals surface area contributed by atoms with Gasteiger partial charge in [-0.15, -0.1) is 0 Å². The lowest BCUT2D eigenvalue weighted by molar-refractivity contribution is -0.914. The van der Waals surface area contributed by atoms with Crippen LogP contribution < -0.4 is 14.2 Å². The smallest absolute Gasteiger partial charge is 0.250 e. The number of nitrogens with zero attached hydrogens (tertiary/aromatic N) is 3. The molecule has 4 aromatic rings. The first-order valence-electron chi connectivity index (χ1n) is 12.7. The SMILES string of the molecule is Cc1c(CCC(C)C)c(N2CC[NH+](Cc3ccc(F)cc3)CC2)[n+]2c([nH]c3ccccc32)c1C#N. The molecule has 0 atom stereocenters. The van der Waals surface area contributed by atoms with Gasteiger partial charge in [-0.2, -0.15) is 9.66 Å². The van der Waals surface area contributed by atoms with Crippen molar-refractivity contribution in [1.29, 1.82) is 5.26 Å². The Morgan fingerprint density at radius 1 is 1.11 bits per heavy atom. The first-order valence-corrected chi connectivity index (χ1v) is 12.7. The summed E-state index contributed by atoms with van der Waals surface area (Å²) in [6.45, 7) is 11.5. The van der Waals surface area contributed by atoms with Gasteiger partial charge >= 0.3 is 0 Å². The average Bonchev–Trinajstić information content (AvgIpc) is 3.23. The van der Waals surface area contributed by atoms with E-state index in [0.29, 0.717) is 5.92 Å². The summed E-state index contributed by atoms with van der Waals surface area (Å²) in [5.41, 5.74) is 7.34. The number of fused-ring (bicyclic) bond motifs is 3. The van der Waals surface area contributed by atoms with Gasteiger partial charge in [-0.25, -0.2) is 4.39 Å². The van der Waals surface area contributed by atoms with Gasteiger partial charge in [0.1, 0.15) is 61.2 Å². The molecule has 2 N–H and O–H groups in total. The van der Waals surface area contributed by atoms with Gasteiger partial charge in [0.15, 0.2) is 0 Å². The molecular weight excluding hydrogens is 437 g/mol. The first-order chi connectivity index (χ1) is 17.0. The fourth-order valence-electron chi connectivity index (χ4n) is 5.41. The summed E-state index contributed by atoms with van der Waals surface area (Å²) in [5, 5.41) is 10.1. The number of halogens is 1. The summed E-state index contributed by atoms with van der Waals surface area (Å²) in [5.74, 6) is 1.64. The van der Waals surface area contributed by atoms with E-state index in [1.54, 1.807) is 12.1 Å². The van der Waals surface area contributed by atoms with E-state index >= 15 is 0 Å². The third-order valence-corrected chi connectivity index (χ3v) is 7.39. The molecule has 2 aromatic carbocycles. The number of piperazine rings is 1. The molecule has 1 aliphatic rings. The molecule has 3 heterocycles. The second-order valence-corrected chi connectivity index (χ2v) is 10.2. The van der Waals surface area contributed by atoms with Crippen molar-refractivity contribution in [3.8, 4) is 6.07 Å². The van der Waals surface area contributed by atoms with Crippen LogP contribution in [0, 0.1) is 30.0 Å². The van der Waals surface area contributed by atoms with Crippen molar-refractivity contribution in [3.05, 3.63) is 76.6 Å². The Morgan fingerprint density at radius 3 is 2.51 bits per heavy atom. The van der Waals surface area contributed by atoms with Gasteiger partial charge < -0.3 is 4.90 Å². The highest BCUT2D eigenvalue weighted by Crippen LogP contribution is 2.29. The number of aromatic amines is 1. The predicted octanol–water partition coefficient (Wildman–Crippen LogP) is 3.72. The molecule has 0 aliphatic carbocycles. The summed E-state index contributed by atoms with van der Waals surface area (Å²) in [6, 6.07) is 17.7. The van der Waals surface area contributed by atoms with E-state index < -0.39 is 0 Å². The fourth-order valence-corrected chi connectivity index (χ4v) is 5.41. The van der Waals surface area contributed by atoms with Crippen molar-refractivity contribution in [1.82, 2.24) is 4.98 Å². The van der Waals surface area contributed by atoms with Crippen LogP contribution in [0.15, 0.2) is 48.5 Å². The maximum atomic E-state index is 13.3. The van der Waals surface area contributed by atoms with Crippen LogP contribution in [0.5, 0.6) is 0 Å². The summed E-state index contributed by atoms with van der Waals surface area (Å²) >= 11 is 0. The van der Waals surface area contributed by atoms with Crippen LogP contribution in [-0.4, -0.2) is 31.2 Å². The zero-order valence-corrected chi connectivity index (χ0v) is 20.9. The molecule has 0 amide bonds. The molecule has 6 heteroatoms. The molecule has 2 aromatic heterocycles. The Morgan fingerprint density at radius 2 is 1.83 bits per heavy atom. The van der Waals surface area contributed by atoms with Crippen LogP contribution in [0.4, 0.5) is 10.2 Å². The summed E-state index contributed by atoms with van der Waals surface area (Å²) in [7, 11) is 0. The van der Waals surface area contributed by atoms with Crippen LogP contribution in [0.25, 0.3) is 16.7 Å². The molecule has 180 valence electrons. The van der Waals surface area contributed by atoms with Gasteiger partial charge in [-0.3, -0.25) is 9.88 Å². The molecule has 5 rings (SSSR count). The second kappa shape index (κ2) is 9.67. The molecule has 35 heavy (non-hydrogen) atoms. The van der Waals surface area contributed by atoms with E-state index in [-0.39, 0.29) is 5.82 Å². The minimum atomic E-state index is -0.182. The van der Waals surface area contributed by atoms with Crippen molar-refractivity contribution in [2.45, 2.75) is 40.2 Å². The number of nitriles is 1. The van der Waals surface area contributed by atoms with Gasteiger partial charge in [0.05, 0.1) is 0 Å². The molecular formula is C29H34FN5+2. The third kappa shape index (κ3) is 4.49. The number of para-hydroxylation sites is 2. The number of anilines is 1. The van der Waals surface area contributed by atoms with Gasteiger partial charge in [-0.05, 0) is 55.5 Å². The minimum Gasteiger partial charge on any atom is -0.326 e. The molecule has 1 saturated heterocycles. The Kier molecular flexibility index (Phi) is 6.44. The van der Waals surface area contributed by atoms with Gasteiger partial charge in [0.25, 0.3) is 0 Å². The topological polar surface area (TPSA) is 51.4 Å². The number of hydrogen-bond donors (Lipinski definition) is 2. The maximum absolute atomic E-state index is 13.3. The number of pyridine rings is 1. The number of imidazole rings is 1. The third-order valence-electron chi connectivity index (χ3n) is 7.39. The number of aromatic nitrogens is 2. The standard InChI is InChI=1S/C29H32FN5/c1-20(2)8-13-24-21(3)25(18-31)28-32-26-6-4-5-7-27(26)35(28)29(24)34-16-14-33(15-17-34)19-22-9-11-23(30)12-10-22/h4-7,9-12,20H,8,13-17,19H2,1-3H3/p+2. The number of nitrogens with one attached hydrogen (secondary N) is 2. The molecule has 0 bridgehead atoms. The summed E-state index contributed by atoms with van der Waals surface area (Å²) in [6.07, 6.45) is 2.04. The quantitative estimate of drug-likeness (QED) is 0.421. The second-order valence-electron chi connectivity index (χ2n) is 10.2. The Hall–Kier alpha value is -3.43. The van der Waals surface area contributed by atoms with Crippen molar-refractivity contribution in [2.75, 3.05) is 31.1 Å². The van der Waals surface area contributed by atoms with Gasteiger partial charge in [-0.1, -0.05) is 38.1 Å². The Bertz CT molecular complexity index is 1390. The van der Waals surface area contributed by atoms with Crippen molar-refractivity contribution < 1.29 is 13.7 Å². The van der Waals surface area contributed by atoms with E-state index in [2.05, 4.69) is 59.3 Å². The van der Waals surface area contributed by atoms with Crippen LogP contribution in [0.1, 0.15) is 42.5 Å². The number of H-pyrrole nitrogens is 1. The predicted molar refractivity (Wildman–Crippen MR) is 137 cm³/mol. The number of rotatable bonds is 6. The molecule has 0 saturated carbocycles. The van der Waals surface area contributed by atoms with Gasteiger partial charge in [0.2, 0.25) is 11.5 Å². The van der Waals surface area contributed by atoms with E-state index in [4.69, 9.17) is 0 Å². The molecule has 0 radical (unpaired) electrons. The number of hydrogen-bond acceptors (Lipinski definition) is 2. The highest BCUT2D eigenvalue weighted by Gasteiger charge is 2.32. The fraction of sp³-hybridized carbons (Fsp3) is 0.379. The largest absolute Gasteiger partial charge is 0.326 e. The molecule has 5 nitrogen and oxygen atoms in total. The highest BCUT2D eigenvalue weighted by molar-refractivity contribution is 5.78. The molecule has 0 unspecified atom stereocenters. The molecule has 1 aliphatic heterocycles. The van der Waals surface area contributed by atoms with E-state index in [1.807, 2.05) is 18.2 Å². The summed E-state index contributed by atoms with van der Waals surface area (Å²) < 4.78 is 15.6. The lowest BCUT2D eigenvalue weighted by Crippen LogP contribution is -3.13. The Balaban J connectivity index is 1.55. The maximum Gasteiger partial charge on any atom is 0.250 e. The van der Waals surface area contributed by atoms with Crippen LogP contribution in [0.3, 0.4) is 0 Å². The normalized spacial score (nSPS) is 14.8. The van der Waals surface area contributed by atoms with Crippen LogP contribution in [0.2, 0.25) is 0 Å². The van der Waals surface area contributed by atoms with E-state index in [9.17, 15) is 9.65 Å². The zero-order chi connectivity index (χ0) is 24.5. The lowest BCUT2D eigenvalue weighted by Gasteiger charge is -2.32. The average molecular weight is 472 g/mol. The van der Waals surface area contributed by atoms with Crippen molar-refractivity contribution in [3.63, 3.8) is 0 Å². The number of quaternary nitrogens is 1. The zero-order valence-electron chi connectivity index (χ0n) is 20.9. The molecule has 1 fully saturated rings. The molecule has 0 spiro atoms. The highest BCUT2D eigenvalue weighted by atomic mass is 19.1. The van der Waals surface area contributed by atoms with Crippen LogP contribution >= 0.6 is 0 Å². The van der Waals surface area contributed by atoms with E-state index in [1.165, 1.54) is 21.8 Å². The van der Waals surface area contributed by atoms with Crippen molar-refractivity contribution in [2.24, 2.45) is 5.92 Å². The van der Waals surface area contributed by atoms with Crippen LogP contribution in [-0.2, 0) is 13.0 Å². The Labute approximate surface area is 206 Å².